The molecule has 106 valence electrons. The molecule has 4 heteroatoms. The molecule has 0 saturated carbocycles. The standard InChI is InChI=1S/C17H17N3O/c1-12-7-8-20-11-15(19-16(20)9-12)17(21)18-10-14-6-4-3-5-13(14)2/h3-9,11H,10H2,1-2H3,(H,18,21). The number of hydrogen-bond acceptors (Lipinski definition) is 2. The number of nitrogens with one attached hydrogen (secondary N) is 1. The molecule has 0 aliphatic heterocycles. The molecule has 0 spiro atoms. The van der Waals surface area contributed by atoms with Crippen molar-refractivity contribution in [1.82, 2.24) is 14.7 Å². The first-order valence-corrected chi connectivity index (χ1v) is 6.91. The van der Waals surface area contributed by atoms with Gasteiger partial charge in [-0.1, -0.05) is 24.3 Å². The van der Waals surface area contributed by atoms with Crippen LogP contribution in [0.4, 0.5) is 0 Å². The Labute approximate surface area is 123 Å². The highest BCUT2D eigenvalue weighted by Crippen LogP contribution is 2.09. The van der Waals surface area contributed by atoms with E-state index in [2.05, 4.69) is 10.3 Å². The van der Waals surface area contributed by atoms with Crippen LogP contribution >= 0.6 is 0 Å². The van der Waals surface area contributed by atoms with E-state index in [0.29, 0.717) is 12.2 Å². The number of rotatable bonds is 3. The van der Waals surface area contributed by atoms with Gasteiger partial charge in [0.15, 0.2) is 0 Å². The Kier molecular flexibility index (Phi) is 3.44. The van der Waals surface area contributed by atoms with Crippen molar-refractivity contribution in [2.24, 2.45) is 0 Å². The quantitative estimate of drug-likeness (QED) is 0.801. The van der Waals surface area contributed by atoms with Gasteiger partial charge in [-0.15, -0.1) is 0 Å². The van der Waals surface area contributed by atoms with E-state index >= 15 is 0 Å². The zero-order chi connectivity index (χ0) is 14.8. The predicted octanol–water partition coefficient (Wildman–Crippen LogP) is 2.88. The molecule has 0 aliphatic carbocycles. The summed E-state index contributed by atoms with van der Waals surface area (Å²) in [6.07, 6.45) is 3.66. The number of nitrogens with zero attached hydrogens (tertiary/aromatic N) is 2. The number of fused-ring (bicyclic) bond motifs is 1. The van der Waals surface area contributed by atoms with E-state index < -0.39 is 0 Å². The molecule has 0 saturated heterocycles. The van der Waals surface area contributed by atoms with E-state index in [1.807, 2.05) is 60.8 Å². The number of hydrogen-bond donors (Lipinski definition) is 1. The van der Waals surface area contributed by atoms with Crippen LogP contribution < -0.4 is 5.32 Å². The lowest BCUT2D eigenvalue weighted by Crippen LogP contribution is -2.23. The second kappa shape index (κ2) is 5.40. The average Bonchev–Trinajstić information content (AvgIpc) is 2.89. The zero-order valence-electron chi connectivity index (χ0n) is 12.1. The van der Waals surface area contributed by atoms with Gasteiger partial charge in [0.25, 0.3) is 5.91 Å². The smallest absolute Gasteiger partial charge is 0.271 e. The minimum atomic E-state index is -0.153. The fraction of sp³-hybridized carbons (Fsp3) is 0.176. The van der Waals surface area contributed by atoms with Crippen LogP contribution in [0.3, 0.4) is 0 Å². The van der Waals surface area contributed by atoms with Crippen molar-refractivity contribution in [1.29, 1.82) is 0 Å². The maximum atomic E-state index is 12.2. The van der Waals surface area contributed by atoms with Gasteiger partial charge in [0.2, 0.25) is 0 Å². The second-order valence-electron chi connectivity index (χ2n) is 5.20. The molecule has 0 fully saturated rings. The highest BCUT2D eigenvalue weighted by molar-refractivity contribution is 5.92. The van der Waals surface area contributed by atoms with Crippen LogP contribution in [0.1, 0.15) is 27.2 Å². The van der Waals surface area contributed by atoms with Crippen molar-refractivity contribution >= 4 is 11.6 Å². The molecule has 3 rings (SSSR count). The number of aromatic nitrogens is 2. The van der Waals surface area contributed by atoms with Crippen molar-refractivity contribution in [3.05, 3.63) is 71.2 Å². The Hall–Kier alpha value is -2.62. The summed E-state index contributed by atoms with van der Waals surface area (Å²) in [6, 6.07) is 12.0. The molecule has 0 unspecified atom stereocenters. The molecule has 1 N–H and O–H groups in total. The van der Waals surface area contributed by atoms with Gasteiger partial charge in [-0.05, 0) is 42.7 Å². The third-order valence-electron chi connectivity index (χ3n) is 3.55. The molecule has 0 bridgehead atoms. The van der Waals surface area contributed by atoms with Crippen LogP contribution in [0.25, 0.3) is 5.65 Å². The highest BCUT2D eigenvalue weighted by atomic mass is 16.1. The van der Waals surface area contributed by atoms with E-state index in [0.717, 1.165) is 16.8 Å². The molecule has 21 heavy (non-hydrogen) atoms. The predicted molar refractivity (Wildman–Crippen MR) is 82.3 cm³/mol. The molecule has 4 nitrogen and oxygen atoms in total. The van der Waals surface area contributed by atoms with E-state index in [9.17, 15) is 4.79 Å². The van der Waals surface area contributed by atoms with Gasteiger partial charge in [-0.25, -0.2) is 4.98 Å². The lowest BCUT2D eigenvalue weighted by atomic mass is 10.1. The summed E-state index contributed by atoms with van der Waals surface area (Å²) in [4.78, 5) is 16.6. The lowest BCUT2D eigenvalue weighted by Gasteiger charge is -2.06. The Balaban J connectivity index is 1.76. The summed E-state index contributed by atoms with van der Waals surface area (Å²) in [5, 5.41) is 2.92. The molecule has 2 aromatic heterocycles. The monoisotopic (exact) mass is 279 g/mol. The fourth-order valence-electron chi connectivity index (χ4n) is 2.27. The van der Waals surface area contributed by atoms with Crippen molar-refractivity contribution in [2.75, 3.05) is 0 Å². The normalized spacial score (nSPS) is 10.8. The van der Waals surface area contributed by atoms with Gasteiger partial charge in [0.1, 0.15) is 11.3 Å². The zero-order valence-corrected chi connectivity index (χ0v) is 12.1. The Morgan fingerprint density at radius 1 is 1.24 bits per heavy atom. The first kappa shape index (κ1) is 13.4. The SMILES string of the molecule is Cc1ccn2cc(C(=O)NCc3ccccc3C)nc2c1. The van der Waals surface area contributed by atoms with Crippen LogP contribution in [-0.2, 0) is 6.54 Å². The highest BCUT2D eigenvalue weighted by Gasteiger charge is 2.10. The third-order valence-corrected chi connectivity index (χ3v) is 3.55. The minimum Gasteiger partial charge on any atom is -0.347 e. The fourth-order valence-corrected chi connectivity index (χ4v) is 2.27. The van der Waals surface area contributed by atoms with Crippen LogP contribution in [0.15, 0.2) is 48.8 Å². The molecular weight excluding hydrogens is 262 g/mol. The van der Waals surface area contributed by atoms with Gasteiger partial charge >= 0.3 is 0 Å². The van der Waals surface area contributed by atoms with Crippen molar-refractivity contribution in [3.8, 4) is 0 Å². The maximum absolute atomic E-state index is 12.2. The number of carbonyl (C=O) groups excluding carboxylic acids is 1. The molecule has 0 atom stereocenters. The number of aryl methyl sites for hydroxylation is 2. The van der Waals surface area contributed by atoms with Crippen molar-refractivity contribution in [2.45, 2.75) is 20.4 Å². The third kappa shape index (κ3) is 2.79. The molecule has 3 aromatic rings. The van der Waals surface area contributed by atoms with E-state index in [-0.39, 0.29) is 5.91 Å². The number of imidazole rings is 1. The summed E-state index contributed by atoms with van der Waals surface area (Å²) in [6.45, 7) is 4.56. The summed E-state index contributed by atoms with van der Waals surface area (Å²) in [5.41, 5.74) is 4.64. The maximum Gasteiger partial charge on any atom is 0.271 e. The van der Waals surface area contributed by atoms with Crippen LogP contribution in [-0.4, -0.2) is 15.3 Å². The number of pyridine rings is 1. The summed E-state index contributed by atoms with van der Waals surface area (Å²) in [7, 11) is 0. The van der Waals surface area contributed by atoms with Crippen molar-refractivity contribution in [3.63, 3.8) is 0 Å². The number of amides is 1. The van der Waals surface area contributed by atoms with Gasteiger partial charge in [0.05, 0.1) is 0 Å². The minimum absolute atomic E-state index is 0.153. The molecule has 1 aromatic carbocycles. The van der Waals surface area contributed by atoms with Crippen LogP contribution in [0.5, 0.6) is 0 Å². The van der Waals surface area contributed by atoms with Crippen LogP contribution in [0, 0.1) is 13.8 Å². The summed E-state index contributed by atoms with van der Waals surface area (Å²) >= 11 is 0. The molecular formula is C17H17N3O. The largest absolute Gasteiger partial charge is 0.347 e. The molecule has 1 amide bonds. The van der Waals surface area contributed by atoms with E-state index in [4.69, 9.17) is 0 Å². The number of carbonyl (C=O) groups is 1. The van der Waals surface area contributed by atoms with Crippen molar-refractivity contribution < 1.29 is 4.79 Å². The number of benzene rings is 1. The van der Waals surface area contributed by atoms with Gasteiger partial charge in [-0.2, -0.15) is 0 Å². The molecule has 2 heterocycles. The second-order valence-corrected chi connectivity index (χ2v) is 5.20. The Morgan fingerprint density at radius 2 is 2.05 bits per heavy atom. The summed E-state index contributed by atoms with van der Waals surface area (Å²) in [5.74, 6) is -0.153. The van der Waals surface area contributed by atoms with E-state index in [1.165, 1.54) is 5.56 Å². The van der Waals surface area contributed by atoms with Gasteiger partial charge < -0.3 is 9.72 Å². The van der Waals surface area contributed by atoms with Gasteiger partial charge in [0, 0.05) is 18.9 Å². The van der Waals surface area contributed by atoms with E-state index in [1.54, 1.807) is 6.20 Å². The average molecular weight is 279 g/mol. The Morgan fingerprint density at radius 3 is 2.86 bits per heavy atom. The molecule has 0 radical (unpaired) electrons. The first-order chi connectivity index (χ1) is 10.1. The topological polar surface area (TPSA) is 46.4 Å². The van der Waals surface area contributed by atoms with Gasteiger partial charge in [-0.3, -0.25) is 4.79 Å². The molecule has 0 aliphatic rings. The Bertz CT molecular complexity index is 805. The van der Waals surface area contributed by atoms with Crippen LogP contribution in [0.2, 0.25) is 0 Å². The lowest BCUT2D eigenvalue weighted by molar-refractivity contribution is 0.0946. The first-order valence-electron chi connectivity index (χ1n) is 6.91. The summed E-state index contributed by atoms with van der Waals surface area (Å²) < 4.78 is 1.86.